The summed E-state index contributed by atoms with van der Waals surface area (Å²) in [6, 6.07) is 16.4. The van der Waals surface area contributed by atoms with Gasteiger partial charge in [0.15, 0.2) is 0 Å². The second kappa shape index (κ2) is 8.69. The average Bonchev–Trinajstić information content (AvgIpc) is 3.50. The standard InChI is InChI=1S/C21H25BrN2O2/c1-14(17-10-11-19(26-2)18(22)12-17)23-13-20(25)24-21(16-8-9-16)15-6-4-3-5-7-15/h3-7,10-12,14,16,21,23H,8-9,13H2,1-2H3,(H,24,25). The van der Waals surface area contributed by atoms with Crippen LogP contribution in [0, 0.1) is 5.92 Å². The van der Waals surface area contributed by atoms with Crippen molar-refractivity contribution in [2.45, 2.75) is 31.8 Å². The van der Waals surface area contributed by atoms with Crippen LogP contribution in [0.5, 0.6) is 5.75 Å². The zero-order valence-electron chi connectivity index (χ0n) is 15.2. The zero-order chi connectivity index (χ0) is 18.5. The summed E-state index contributed by atoms with van der Waals surface area (Å²) in [5, 5.41) is 6.51. The Morgan fingerprint density at radius 3 is 2.54 bits per heavy atom. The molecule has 0 spiro atoms. The predicted molar refractivity (Wildman–Crippen MR) is 107 cm³/mol. The van der Waals surface area contributed by atoms with Crippen molar-refractivity contribution in [2.24, 2.45) is 5.92 Å². The molecule has 4 nitrogen and oxygen atoms in total. The van der Waals surface area contributed by atoms with E-state index >= 15 is 0 Å². The lowest BCUT2D eigenvalue weighted by Crippen LogP contribution is -2.37. The minimum atomic E-state index is 0.0326. The predicted octanol–water partition coefficient (Wildman–Crippen LogP) is 4.38. The number of carbonyl (C=O) groups is 1. The van der Waals surface area contributed by atoms with Gasteiger partial charge >= 0.3 is 0 Å². The second-order valence-corrected chi connectivity index (χ2v) is 7.64. The molecule has 2 aromatic rings. The molecular formula is C21H25BrN2O2. The number of methoxy groups -OCH3 is 1. The van der Waals surface area contributed by atoms with Crippen molar-refractivity contribution < 1.29 is 9.53 Å². The highest BCUT2D eigenvalue weighted by Crippen LogP contribution is 2.40. The fourth-order valence-corrected chi connectivity index (χ4v) is 3.66. The summed E-state index contributed by atoms with van der Waals surface area (Å²) in [6.07, 6.45) is 2.37. The number of nitrogens with one attached hydrogen (secondary N) is 2. The molecule has 1 fully saturated rings. The topological polar surface area (TPSA) is 50.4 Å². The van der Waals surface area contributed by atoms with Crippen LogP contribution < -0.4 is 15.4 Å². The SMILES string of the molecule is COc1ccc(C(C)NCC(=O)NC(c2ccccc2)C2CC2)cc1Br. The normalized spacial score (nSPS) is 16.0. The van der Waals surface area contributed by atoms with E-state index in [-0.39, 0.29) is 18.0 Å². The molecule has 0 bridgehead atoms. The van der Waals surface area contributed by atoms with Crippen LogP contribution >= 0.6 is 15.9 Å². The van der Waals surface area contributed by atoms with Gasteiger partial charge < -0.3 is 15.4 Å². The van der Waals surface area contributed by atoms with Gasteiger partial charge in [-0.25, -0.2) is 0 Å². The Labute approximate surface area is 163 Å². The van der Waals surface area contributed by atoms with Crippen LogP contribution in [0.25, 0.3) is 0 Å². The van der Waals surface area contributed by atoms with Gasteiger partial charge in [-0.3, -0.25) is 4.79 Å². The van der Waals surface area contributed by atoms with Gasteiger partial charge in [0.05, 0.1) is 24.2 Å². The Balaban J connectivity index is 1.55. The largest absolute Gasteiger partial charge is 0.496 e. The molecule has 0 aliphatic heterocycles. The van der Waals surface area contributed by atoms with Crippen molar-refractivity contribution in [3.8, 4) is 5.75 Å². The Hall–Kier alpha value is -1.85. The molecule has 2 aromatic carbocycles. The molecule has 1 amide bonds. The molecule has 0 heterocycles. The third kappa shape index (κ3) is 4.86. The molecule has 2 N–H and O–H groups in total. The zero-order valence-corrected chi connectivity index (χ0v) is 16.8. The van der Waals surface area contributed by atoms with E-state index in [2.05, 4.69) is 45.6 Å². The van der Waals surface area contributed by atoms with Crippen LogP contribution in [0.4, 0.5) is 0 Å². The van der Waals surface area contributed by atoms with Crippen LogP contribution in [-0.4, -0.2) is 19.6 Å². The average molecular weight is 417 g/mol. The van der Waals surface area contributed by atoms with Crippen LogP contribution in [0.1, 0.15) is 43.0 Å². The third-order valence-corrected chi connectivity index (χ3v) is 5.43. The van der Waals surface area contributed by atoms with Gasteiger partial charge in [-0.1, -0.05) is 36.4 Å². The number of halogens is 1. The highest BCUT2D eigenvalue weighted by molar-refractivity contribution is 9.10. The summed E-state index contributed by atoms with van der Waals surface area (Å²) in [7, 11) is 1.65. The van der Waals surface area contributed by atoms with Gasteiger partial charge in [0, 0.05) is 6.04 Å². The lowest BCUT2D eigenvalue weighted by Gasteiger charge is -2.20. The first-order chi connectivity index (χ1) is 12.6. The fourth-order valence-electron chi connectivity index (χ4n) is 3.10. The first kappa shape index (κ1) is 18.9. The third-order valence-electron chi connectivity index (χ3n) is 4.81. The van der Waals surface area contributed by atoms with E-state index in [1.807, 2.05) is 36.4 Å². The van der Waals surface area contributed by atoms with Crippen LogP contribution in [0.2, 0.25) is 0 Å². The summed E-state index contributed by atoms with van der Waals surface area (Å²) >= 11 is 3.51. The van der Waals surface area contributed by atoms with E-state index < -0.39 is 0 Å². The molecule has 3 rings (SSSR count). The van der Waals surface area contributed by atoms with Gasteiger partial charge in [0.1, 0.15) is 5.75 Å². The van der Waals surface area contributed by atoms with Gasteiger partial charge in [0.25, 0.3) is 0 Å². The number of amides is 1. The van der Waals surface area contributed by atoms with Gasteiger partial charge in [-0.2, -0.15) is 0 Å². The maximum atomic E-state index is 12.5. The molecule has 26 heavy (non-hydrogen) atoms. The first-order valence-corrected chi connectivity index (χ1v) is 9.79. The summed E-state index contributed by atoms with van der Waals surface area (Å²) in [6.45, 7) is 2.35. The Kier molecular flexibility index (Phi) is 6.33. The number of benzene rings is 2. The fraction of sp³-hybridized carbons (Fsp3) is 0.381. The monoisotopic (exact) mass is 416 g/mol. The number of rotatable bonds is 8. The summed E-state index contributed by atoms with van der Waals surface area (Å²) in [5.41, 5.74) is 2.29. The molecule has 0 radical (unpaired) electrons. The molecule has 1 saturated carbocycles. The number of hydrogen-bond acceptors (Lipinski definition) is 3. The highest BCUT2D eigenvalue weighted by Gasteiger charge is 2.33. The lowest BCUT2D eigenvalue weighted by molar-refractivity contribution is -0.121. The van der Waals surface area contributed by atoms with Crippen molar-refractivity contribution in [1.29, 1.82) is 0 Å². The maximum absolute atomic E-state index is 12.5. The molecule has 0 aromatic heterocycles. The van der Waals surface area contributed by atoms with Crippen molar-refractivity contribution in [3.05, 3.63) is 64.1 Å². The molecule has 2 unspecified atom stereocenters. The molecule has 5 heteroatoms. The molecule has 1 aliphatic carbocycles. The minimum absolute atomic E-state index is 0.0326. The van der Waals surface area contributed by atoms with Crippen LogP contribution in [0.3, 0.4) is 0 Å². The smallest absolute Gasteiger partial charge is 0.234 e. The van der Waals surface area contributed by atoms with Gasteiger partial charge in [0.2, 0.25) is 5.91 Å². The van der Waals surface area contributed by atoms with Crippen molar-refractivity contribution in [1.82, 2.24) is 10.6 Å². The van der Waals surface area contributed by atoms with Crippen LogP contribution in [-0.2, 0) is 4.79 Å². The minimum Gasteiger partial charge on any atom is -0.496 e. The van der Waals surface area contributed by atoms with Crippen molar-refractivity contribution in [2.75, 3.05) is 13.7 Å². The maximum Gasteiger partial charge on any atom is 0.234 e. The van der Waals surface area contributed by atoms with Crippen LogP contribution in [0.15, 0.2) is 53.0 Å². The summed E-state index contributed by atoms with van der Waals surface area (Å²) in [4.78, 5) is 12.5. The summed E-state index contributed by atoms with van der Waals surface area (Å²) < 4.78 is 6.17. The molecule has 2 atom stereocenters. The Morgan fingerprint density at radius 2 is 1.92 bits per heavy atom. The second-order valence-electron chi connectivity index (χ2n) is 6.79. The highest BCUT2D eigenvalue weighted by atomic mass is 79.9. The van der Waals surface area contributed by atoms with E-state index in [0.717, 1.165) is 15.8 Å². The quantitative estimate of drug-likeness (QED) is 0.671. The molecule has 0 saturated heterocycles. The van der Waals surface area contributed by atoms with Gasteiger partial charge in [-0.05, 0) is 64.9 Å². The molecular weight excluding hydrogens is 392 g/mol. The van der Waals surface area contributed by atoms with E-state index in [4.69, 9.17) is 4.74 Å². The molecule has 138 valence electrons. The first-order valence-electron chi connectivity index (χ1n) is 8.99. The van der Waals surface area contributed by atoms with Crippen molar-refractivity contribution >= 4 is 21.8 Å². The van der Waals surface area contributed by atoms with Gasteiger partial charge in [-0.15, -0.1) is 0 Å². The Morgan fingerprint density at radius 1 is 1.19 bits per heavy atom. The van der Waals surface area contributed by atoms with E-state index in [1.165, 1.54) is 18.4 Å². The van der Waals surface area contributed by atoms with E-state index in [9.17, 15) is 4.79 Å². The Bertz CT molecular complexity index is 747. The van der Waals surface area contributed by atoms with E-state index in [1.54, 1.807) is 7.11 Å². The summed E-state index contributed by atoms with van der Waals surface area (Å²) in [5.74, 6) is 1.40. The number of ether oxygens (including phenoxy) is 1. The number of carbonyl (C=O) groups excluding carboxylic acids is 1. The number of hydrogen-bond donors (Lipinski definition) is 2. The van der Waals surface area contributed by atoms with E-state index in [0.29, 0.717) is 12.5 Å². The van der Waals surface area contributed by atoms with Crippen molar-refractivity contribution in [3.63, 3.8) is 0 Å². The lowest BCUT2D eigenvalue weighted by atomic mass is 10.0. The molecule has 1 aliphatic rings.